The average Bonchev–Trinajstić information content (AvgIpc) is 2.88. The van der Waals surface area contributed by atoms with E-state index < -0.39 is 0 Å². The van der Waals surface area contributed by atoms with Gasteiger partial charge >= 0.3 is 0 Å². The third-order valence-electron chi connectivity index (χ3n) is 2.95. The summed E-state index contributed by atoms with van der Waals surface area (Å²) in [6.07, 6.45) is 2.43. The Morgan fingerprint density at radius 3 is 2.50 bits per heavy atom. The van der Waals surface area contributed by atoms with E-state index in [0.717, 1.165) is 16.9 Å². The lowest BCUT2D eigenvalue weighted by Crippen LogP contribution is -1.93. The molecular weight excluding hydrogens is 254 g/mol. The van der Waals surface area contributed by atoms with Crippen LogP contribution in [0.25, 0.3) is 5.69 Å². The van der Waals surface area contributed by atoms with E-state index in [1.165, 1.54) is 0 Å². The van der Waals surface area contributed by atoms with Crippen LogP contribution in [0.3, 0.4) is 0 Å². The molecule has 0 unspecified atom stereocenters. The van der Waals surface area contributed by atoms with E-state index in [1.54, 1.807) is 47.1 Å². The van der Waals surface area contributed by atoms with Crippen LogP contribution >= 0.6 is 0 Å². The molecule has 2 aromatic carbocycles. The van der Waals surface area contributed by atoms with E-state index in [4.69, 9.17) is 0 Å². The second-order valence-electron chi connectivity index (χ2n) is 4.52. The van der Waals surface area contributed by atoms with Crippen LogP contribution in [0, 0.1) is 0 Å². The van der Waals surface area contributed by atoms with Gasteiger partial charge in [-0.05, 0) is 42.0 Å². The van der Waals surface area contributed by atoms with Gasteiger partial charge in [-0.3, -0.25) is 0 Å². The van der Waals surface area contributed by atoms with Gasteiger partial charge in [0.25, 0.3) is 0 Å². The highest BCUT2D eigenvalue weighted by Gasteiger charge is 2.04. The number of nitrogens with zero attached hydrogens (tertiary/aromatic N) is 3. The normalized spacial score (nSPS) is 10.6. The second-order valence-corrected chi connectivity index (χ2v) is 4.52. The number of aromatic hydroxyl groups is 2. The molecule has 5 nitrogen and oxygen atoms in total. The fraction of sp³-hybridized carbons (Fsp3) is 0.0667. The second kappa shape index (κ2) is 5.05. The molecule has 3 rings (SSSR count). The van der Waals surface area contributed by atoms with Gasteiger partial charge < -0.3 is 10.2 Å². The van der Waals surface area contributed by atoms with Gasteiger partial charge in [-0.2, -0.15) is 0 Å². The predicted octanol–water partition coefficient (Wildman–Crippen LogP) is 2.27. The maximum atomic E-state index is 9.44. The van der Waals surface area contributed by atoms with Crippen molar-refractivity contribution in [1.29, 1.82) is 0 Å². The van der Waals surface area contributed by atoms with Crippen LogP contribution in [0.2, 0.25) is 0 Å². The van der Waals surface area contributed by atoms with Crippen molar-refractivity contribution >= 4 is 0 Å². The van der Waals surface area contributed by atoms with Gasteiger partial charge in [0.05, 0.1) is 17.6 Å². The first kappa shape index (κ1) is 12.2. The van der Waals surface area contributed by atoms with Crippen molar-refractivity contribution in [2.24, 2.45) is 0 Å². The summed E-state index contributed by atoms with van der Waals surface area (Å²) >= 11 is 0. The Morgan fingerprint density at radius 1 is 0.950 bits per heavy atom. The van der Waals surface area contributed by atoms with Crippen LogP contribution in [0.5, 0.6) is 11.5 Å². The molecule has 0 atom stereocenters. The number of hydrogen-bond donors (Lipinski definition) is 2. The summed E-state index contributed by atoms with van der Waals surface area (Å²) in [4.78, 5) is 0. The number of benzene rings is 2. The van der Waals surface area contributed by atoms with Crippen molar-refractivity contribution in [1.82, 2.24) is 15.0 Å². The maximum Gasteiger partial charge on any atom is 0.115 e. The molecule has 100 valence electrons. The lowest BCUT2D eigenvalue weighted by molar-refractivity contribution is 0.474. The lowest BCUT2D eigenvalue weighted by Gasteiger charge is -2.00. The molecule has 2 N–H and O–H groups in total. The van der Waals surface area contributed by atoms with Gasteiger partial charge in [-0.1, -0.05) is 17.3 Å². The van der Waals surface area contributed by atoms with Crippen LogP contribution in [0.4, 0.5) is 0 Å². The molecule has 0 fully saturated rings. The number of aromatic nitrogens is 3. The molecule has 5 heteroatoms. The van der Waals surface area contributed by atoms with Crippen molar-refractivity contribution < 1.29 is 10.2 Å². The molecule has 0 amide bonds. The summed E-state index contributed by atoms with van der Waals surface area (Å²) in [6, 6.07) is 13.8. The minimum absolute atomic E-state index is 0.217. The van der Waals surface area contributed by atoms with Crippen molar-refractivity contribution in [3.63, 3.8) is 0 Å². The standard InChI is InChI=1S/C15H13N3O2/c19-14-6-4-13(5-7-14)18-10-12(16-17-18)8-11-2-1-3-15(20)9-11/h1-7,9-10,19-20H,8H2. The topological polar surface area (TPSA) is 71.2 Å². The van der Waals surface area contributed by atoms with E-state index in [-0.39, 0.29) is 11.5 Å². The molecule has 0 aliphatic carbocycles. The summed E-state index contributed by atoms with van der Waals surface area (Å²) in [5.41, 5.74) is 2.61. The van der Waals surface area contributed by atoms with E-state index in [0.29, 0.717) is 6.42 Å². The smallest absolute Gasteiger partial charge is 0.115 e. The van der Waals surface area contributed by atoms with Gasteiger partial charge in [-0.25, -0.2) is 4.68 Å². The first-order valence-electron chi connectivity index (χ1n) is 6.19. The molecule has 0 saturated carbocycles. The molecule has 0 radical (unpaired) electrons. The van der Waals surface area contributed by atoms with Gasteiger partial charge in [0.1, 0.15) is 11.5 Å². The molecular formula is C15H13N3O2. The number of phenols is 2. The Kier molecular flexibility index (Phi) is 3.09. The van der Waals surface area contributed by atoms with Crippen molar-refractivity contribution in [3.8, 4) is 17.2 Å². The zero-order valence-corrected chi connectivity index (χ0v) is 10.6. The third kappa shape index (κ3) is 2.61. The van der Waals surface area contributed by atoms with E-state index in [9.17, 15) is 10.2 Å². The highest BCUT2D eigenvalue weighted by atomic mass is 16.3. The van der Waals surface area contributed by atoms with Gasteiger partial charge in [-0.15, -0.1) is 5.10 Å². The minimum Gasteiger partial charge on any atom is -0.508 e. The fourth-order valence-electron chi connectivity index (χ4n) is 1.99. The van der Waals surface area contributed by atoms with Crippen LogP contribution in [-0.4, -0.2) is 25.2 Å². The Bertz CT molecular complexity index is 720. The third-order valence-corrected chi connectivity index (χ3v) is 2.95. The quantitative estimate of drug-likeness (QED) is 0.763. The SMILES string of the molecule is Oc1ccc(-n2cc(Cc3cccc(O)c3)nn2)cc1. The average molecular weight is 267 g/mol. The molecule has 3 aromatic rings. The zero-order chi connectivity index (χ0) is 13.9. The van der Waals surface area contributed by atoms with Crippen LogP contribution in [0.1, 0.15) is 11.3 Å². The van der Waals surface area contributed by atoms with Crippen LogP contribution < -0.4 is 0 Å². The van der Waals surface area contributed by atoms with E-state index in [1.807, 2.05) is 12.3 Å². The van der Waals surface area contributed by atoms with Crippen molar-refractivity contribution in [2.45, 2.75) is 6.42 Å². The monoisotopic (exact) mass is 267 g/mol. The van der Waals surface area contributed by atoms with Crippen LogP contribution in [0.15, 0.2) is 54.7 Å². The Labute approximate surface area is 115 Å². The Hall–Kier alpha value is -2.82. The zero-order valence-electron chi connectivity index (χ0n) is 10.6. The van der Waals surface area contributed by atoms with Gasteiger partial charge in [0.2, 0.25) is 0 Å². The lowest BCUT2D eigenvalue weighted by atomic mass is 10.1. The highest BCUT2D eigenvalue weighted by molar-refractivity contribution is 5.36. The molecule has 0 saturated heterocycles. The van der Waals surface area contributed by atoms with E-state index >= 15 is 0 Å². The van der Waals surface area contributed by atoms with Gasteiger partial charge in [0.15, 0.2) is 0 Å². The summed E-state index contributed by atoms with van der Waals surface area (Å²) < 4.78 is 1.65. The van der Waals surface area contributed by atoms with Crippen LogP contribution in [-0.2, 0) is 6.42 Å². The predicted molar refractivity (Wildman–Crippen MR) is 73.9 cm³/mol. The first-order chi connectivity index (χ1) is 9.70. The molecule has 0 spiro atoms. The summed E-state index contributed by atoms with van der Waals surface area (Å²) in [7, 11) is 0. The molecule has 0 aliphatic heterocycles. The number of rotatable bonds is 3. The summed E-state index contributed by atoms with van der Waals surface area (Å²) in [5.74, 6) is 0.460. The number of phenolic OH excluding ortho intramolecular Hbond substituents is 2. The van der Waals surface area contributed by atoms with Gasteiger partial charge in [0, 0.05) is 6.42 Å². The molecule has 0 aliphatic rings. The molecule has 0 bridgehead atoms. The first-order valence-corrected chi connectivity index (χ1v) is 6.19. The minimum atomic E-state index is 0.217. The van der Waals surface area contributed by atoms with Crippen molar-refractivity contribution in [3.05, 3.63) is 66.0 Å². The largest absolute Gasteiger partial charge is 0.508 e. The Balaban J connectivity index is 1.82. The van der Waals surface area contributed by atoms with E-state index in [2.05, 4.69) is 10.3 Å². The van der Waals surface area contributed by atoms with Crippen molar-refractivity contribution in [2.75, 3.05) is 0 Å². The highest BCUT2D eigenvalue weighted by Crippen LogP contribution is 2.16. The fourth-order valence-corrected chi connectivity index (χ4v) is 1.99. The Morgan fingerprint density at radius 2 is 1.75 bits per heavy atom. The molecule has 1 heterocycles. The number of hydrogen-bond acceptors (Lipinski definition) is 4. The summed E-state index contributed by atoms with van der Waals surface area (Å²) in [6.45, 7) is 0. The summed E-state index contributed by atoms with van der Waals surface area (Å²) in [5, 5.41) is 26.9. The molecule has 1 aromatic heterocycles. The molecule has 20 heavy (non-hydrogen) atoms. The maximum absolute atomic E-state index is 9.44.